The number of methoxy groups -OCH3 is 1. The molecular weight excluding hydrogens is 348 g/mol. The van der Waals surface area contributed by atoms with Crippen LogP contribution in [0.15, 0.2) is 0 Å². The maximum absolute atomic E-state index is 12.2. The molecule has 0 amide bonds. The van der Waals surface area contributed by atoms with Gasteiger partial charge in [0.2, 0.25) is 5.88 Å². The van der Waals surface area contributed by atoms with E-state index in [2.05, 4.69) is 20.3 Å². The third-order valence-electron chi connectivity index (χ3n) is 4.84. The first-order valence-corrected chi connectivity index (χ1v) is 8.70. The summed E-state index contributed by atoms with van der Waals surface area (Å²) in [6.45, 7) is 5.90. The van der Waals surface area contributed by atoms with Crippen molar-refractivity contribution in [2.75, 3.05) is 7.11 Å². The fourth-order valence-corrected chi connectivity index (χ4v) is 3.13. The van der Waals surface area contributed by atoms with Crippen LogP contribution in [0, 0.1) is 20.8 Å². The number of pyridine rings is 1. The fourth-order valence-electron chi connectivity index (χ4n) is 3.13. The Hall–Kier alpha value is -2.97. The van der Waals surface area contributed by atoms with Crippen LogP contribution in [0.2, 0.25) is 0 Å². The topological polar surface area (TPSA) is 96.9 Å². The molecule has 0 aromatic carbocycles. The molecule has 0 bridgehead atoms. The summed E-state index contributed by atoms with van der Waals surface area (Å²) in [6.07, 6.45) is 0.795. The van der Waals surface area contributed by atoms with Crippen molar-refractivity contribution in [3.8, 4) is 5.88 Å². The predicted molar refractivity (Wildman–Crippen MR) is 98.4 cm³/mol. The van der Waals surface area contributed by atoms with Crippen molar-refractivity contribution in [2.45, 2.75) is 40.2 Å². The lowest BCUT2D eigenvalue weighted by Crippen LogP contribution is -2.10. The second-order valence-electron chi connectivity index (χ2n) is 6.52. The first kappa shape index (κ1) is 18.8. The van der Waals surface area contributed by atoms with Gasteiger partial charge in [-0.05, 0) is 38.3 Å². The van der Waals surface area contributed by atoms with E-state index in [0.717, 1.165) is 33.7 Å². The minimum Gasteiger partial charge on any atom is -0.479 e. The quantitative estimate of drug-likeness (QED) is 0.608. The average molecular weight is 372 g/mol. The molecule has 3 aromatic rings. The third kappa shape index (κ3) is 3.49. The van der Waals surface area contributed by atoms with Crippen molar-refractivity contribution >= 4 is 17.0 Å². The molecule has 0 fully saturated rings. The average Bonchev–Trinajstić information content (AvgIpc) is 3.13. The van der Waals surface area contributed by atoms with Crippen LogP contribution in [-0.4, -0.2) is 42.6 Å². The second kappa shape index (κ2) is 7.34. The number of carbonyl (C=O) groups is 1. The number of nitrogens with zero attached hydrogens (tertiary/aromatic N) is 6. The lowest BCUT2D eigenvalue weighted by molar-refractivity contribution is -0.145. The van der Waals surface area contributed by atoms with E-state index < -0.39 is 0 Å². The molecule has 0 N–H and O–H groups in total. The van der Waals surface area contributed by atoms with E-state index in [9.17, 15) is 4.79 Å². The number of aryl methyl sites for hydroxylation is 4. The minimum absolute atomic E-state index is 0.113. The summed E-state index contributed by atoms with van der Waals surface area (Å²) in [6, 6.07) is 0. The maximum atomic E-state index is 12.2. The van der Waals surface area contributed by atoms with Gasteiger partial charge >= 0.3 is 5.97 Å². The molecule has 3 rings (SSSR count). The van der Waals surface area contributed by atoms with Gasteiger partial charge in [-0.3, -0.25) is 4.79 Å². The fraction of sp³-hybridized carbons (Fsp3) is 0.500. The number of aromatic nitrogens is 6. The summed E-state index contributed by atoms with van der Waals surface area (Å²) in [4.78, 5) is 16.8. The lowest BCUT2D eigenvalue weighted by atomic mass is 10.0. The molecule has 0 spiro atoms. The summed E-state index contributed by atoms with van der Waals surface area (Å²) in [7, 11) is 5.27. The van der Waals surface area contributed by atoms with Crippen molar-refractivity contribution in [1.29, 1.82) is 0 Å². The van der Waals surface area contributed by atoms with Gasteiger partial charge in [-0.15, -0.1) is 15.3 Å². The molecule has 0 saturated carbocycles. The number of carbonyl (C=O) groups excluding carboxylic acids is 1. The van der Waals surface area contributed by atoms with E-state index in [1.165, 1.54) is 0 Å². The molecule has 9 nitrogen and oxygen atoms in total. The van der Waals surface area contributed by atoms with E-state index in [4.69, 9.17) is 9.47 Å². The first-order chi connectivity index (χ1) is 12.8. The zero-order chi connectivity index (χ0) is 19.7. The number of rotatable bonds is 6. The van der Waals surface area contributed by atoms with Gasteiger partial charge in [0.05, 0.1) is 12.5 Å². The molecule has 0 aliphatic carbocycles. The Morgan fingerprint density at radius 2 is 1.89 bits per heavy atom. The van der Waals surface area contributed by atoms with Crippen molar-refractivity contribution in [3.05, 3.63) is 28.5 Å². The molecule has 0 unspecified atom stereocenters. The van der Waals surface area contributed by atoms with Crippen LogP contribution in [0.1, 0.15) is 34.9 Å². The monoisotopic (exact) mass is 372 g/mol. The molecule has 0 radical (unpaired) electrons. The van der Waals surface area contributed by atoms with Crippen molar-refractivity contribution in [3.63, 3.8) is 0 Å². The van der Waals surface area contributed by atoms with Gasteiger partial charge in [0, 0.05) is 26.2 Å². The molecule has 0 aliphatic heterocycles. The van der Waals surface area contributed by atoms with E-state index >= 15 is 0 Å². The van der Waals surface area contributed by atoms with Gasteiger partial charge in [0.25, 0.3) is 0 Å². The summed E-state index contributed by atoms with van der Waals surface area (Å²) in [5.41, 5.74) is 3.69. The van der Waals surface area contributed by atoms with Gasteiger partial charge in [0.15, 0.2) is 18.1 Å². The van der Waals surface area contributed by atoms with Gasteiger partial charge < -0.3 is 14.0 Å². The largest absolute Gasteiger partial charge is 0.479 e. The van der Waals surface area contributed by atoms with E-state index in [1.807, 2.05) is 34.9 Å². The van der Waals surface area contributed by atoms with E-state index in [1.54, 1.807) is 16.4 Å². The van der Waals surface area contributed by atoms with Gasteiger partial charge in [-0.25, -0.2) is 9.67 Å². The Labute approximate surface area is 157 Å². The first-order valence-electron chi connectivity index (χ1n) is 8.70. The number of hydrogen-bond donors (Lipinski definition) is 0. The zero-order valence-corrected chi connectivity index (χ0v) is 16.5. The highest BCUT2D eigenvalue weighted by atomic mass is 16.5. The van der Waals surface area contributed by atoms with Crippen LogP contribution in [0.25, 0.3) is 11.0 Å². The molecule has 144 valence electrons. The Bertz CT molecular complexity index is 1000. The van der Waals surface area contributed by atoms with Crippen molar-refractivity contribution in [1.82, 2.24) is 29.5 Å². The highest BCUT2D eigenvalue weighted by Gasteiger charge is 2.19. The number of hydrogen-bond acceptors (Lipinski definition) is 7. The van der Waals surface area contributed by atoms with Gasteiger partial charge in [0.1, 0.15) is 5.82 Å². The Balaban J connectivity index is 1.72. The highest BCUT2D eigenvalue weighted by Crippen LogP contribution is 2.30. The minimum atomic E-state index is -0.285. The molecule has 0 saturated heterocycles. The van der Waals surface area contributed by atoms with Crippen LogP contribution in [-0.2, 0) is 36.7 Å². The second-order valence-corrected chi connectivity index (χ2v) is 6.52. The van der Waals surface area contributed by atoms with Gasteiger partial charge in [-0.2, -0.15) is 0 Å². The third-order valence-corrected chi connectivity index (χ3v) is 4.84. The summed E-state index contributed by atoms with van der Waals surface area (Å²) in [5.74, 6) is 1.65. The summed E-state index contributed by atoms with van der Waals surface area (Å²) < 4.78 is 14.2. The van der Waals surface area contributed by atoms with Crippen LogP contribution < -0.4 is 4.74 Å². The smallest absolute Gasteiger partial charge is 0.306 e. The molecule has 0 atom stereocenters. The Morgan fingerprint density at radius 1 is 1.15 bits per heavy atom. The van der Waals surface area contributed by atoms with Crippen LogP contribution in [0.5, 0.6) is 5.88 Å². The highest BCUT2D eigenvalue weighted by molar-refractivity contribution is 5.86. The SMILES string of the molecule is COc1nn(C)c2nc(C)c(CCC(=O)OCc3nnc(C)n3C)c(C)c12. The Kier molecular flexibility index (Phi) is 5.11. The Morgan fingerprint density at radius 3 is 2.52 bits per heavy atom. The van der Waals surface area contributed by atoms with E-state index in [0.29, 0.717) is 18.1 Å². The zero-order valence-electron chi connectivity index (χ0n) is 16.5. The summed E-state index contributed by atoms with van der Waals surface area (Å²) >= 11 is 0. The van der Waals surface area contributed by atoms with E-state index in [-0.39, 0.29) is 19.0 Å². The lowest BCUT2D eigenvalue weighted by Gasteiger charge is -2.11. The van der Waals surface area contributed by atoms with Crippen molar-refractivity contribution < 1.29 is 14.3 Å². The maximum Gasteiger partial charge on any atom is 0.306 e. The predicted octanol–water partition coefficient (Wildman–Crippen LogP) is 1.71. The molecule has 0 aliphatic rings. The molecule has 3 aromatic heterocycles. The van der Waals surface area contributed by atoms with Crippen LogP contribution in [0.4, 0.5) is 0 Å². The van der Waals surface area contributed by atoms with Crippen LogP contribution in [0.3, 0.4) is 0 Å². The molecular formula is C18H24N6O3. The molecule has 9 heteroatoms. The number of esters is 1. The van der Waals surface area contributed by atoms with Crippen LogP contribution >= 0.6 is 0 Å². The molecule has 3 heterocycles. The molecule has 27 heavy (non-hydrogen) atoms. The number of fused-ring (bicyclic) bond motifs is 1. The number of ether oxygens (including phenoxy) is 2. The van der Waals surface area contributed by atoms with Crippen molar-refractivity contribution in [2.24, 2.45) is 14.1 Å². The normalized spacial score (nSPS) is 11.2. The summed E-state index contributed by atoms with van der Waals surface area (Å²) in [5, 5.41) is 13.2. The standard InChI is InChI=1S/C18H24N6O3/c1-10-13(11(2)19-17-16(10)18(26-6)22-24(17)5)7-8-15(25)27-9-14-21-20-12(3)23(14)4/h7-9H2,1-6H3. The van der Waals surface area contributed by atoms with Gasteiger partial charge in [-0.1, -0.05) is 0 Å².